The molecule has 0 bridgehead atoms. The lowest BCUT2D eigenvalue weighted by Gasteiger charge is -2.13. The third kappa shape index (κ3) is 3.45. The molecule has 0 amide bonds. The van der Waals surface area contributed by atoms with Gasteiger partial charge in [-0.1, -0.05) is 23.7 Å². The maximum atomic E-state index is 6.03. The summed E-state index contributed by atoms with van der Waals surface area (Å²) in [6.45, 7) is 2.34. The minimum atomic E-state index is -0.197. The largest absolute Gasteiger partial charge is 0.492 e. The zero-order valence-electron chi connectivity index (χ0n) is 10.1. The van der Waals surface area contributed by atoms with E-state index >= 15 is 0 Å². The molecule has 3 nitrogen and oxygen atoms in total. The lowest BCUT2D eigenvalue weighted by atomic mass is 10.1. The van der Waals surface area contributed by atoms with Crippen molar-refractivity contribution in [2.75, 3.05) is 6.61 Å². The minimum Gasteiger partial charge on any atom is -0.492 e. The summed E-state index contributed by atoms with van der Waals surface area (Å²) in [5.41, 5.74) is 7.97. The molecule has 0 fully saturated rings. The summed E-state index contributed by atoms with van der Waals surface area (Å²) in [5.74, 6) is 0.720. The van der Waals surface area contributed by atoms with Gasteiger partial charge in [0, 0.05) is 16.9 Å². The van der Waals surface area contributed by atoms with Crippen LogP contribution in [0.1, 0.15) is 17.3 Å². The summed E-state index contributed by atoms with van der Waals surface area (Å²) < 4.78 is 5.60. The van der Waals surface area contributed by atoms with Crippen molar-refractivity contribution in [3.05, 3.63) is 58.9 Å². The van der Waals surface area contributed by atoms with E-state index in [1.807, 2.05) is 31.2 Å². The SMILES string of the molecule is Cc1ccc(C(N)COc2cccc(Cl)c2)cn1. The maximum Gasteiger partial charge on any atom is 0.120 e. The first-order chi connectivity index (χ1) is 8.65. The molecular formula is C14H15ClN2O. The van der Waals surface area contributed by atoms with E-state index in [1.54, 1.807) is 18.3 Å². The van der Waals surface area contributed by atoms with E-state index in [-0.39, 0.29) is 6.04 Å². The molecule has 0 radical (unpaired) electrons. The monoisotopic (exact) mass is 262 g/mol. The Balaban J connectivity index is 1.96. The van der Waals surface area contributed by atoms with Crippen molar-refractivity contribution in [3.8, 4) is 5.75 Å². The van der Waals surface area contributed by atoms with Crippen LogP contribution in [0.25, 0.3) is 0 Å². The Hall–Kier alpha value is -1.58. The quantitative estimate of drug-likeness (QED) is 0.921. The Labute approximate surface area is 112 Å². The zero-order chi connectivity index (χ0) is 13.0. The van der Waals surface area contributed by atoms with Crippen LogP contribution in [0.4, 0.5) is 0 Å². The molecule has 0 aliphatic rings. The molecule has 0 aliphatic carbocycles. The number of hydrogen-bond donors (Lipinski definition) is 1. The molecule has 4 heteroatoms. The first-order valence-corrected chi connectivity index (χ1v) is 6.09. The molecule has 0 aliphatic heterocycles. The highest BCUT2D eigenvalue weighted by Gasteiger charge is 2.07. The predicted octanol–water partition coefficient (Wildman–Crippen LogP) is 3.12. The van der Waals surface area contributed by atoms with Gasteiger partial charge in [0.05, 0.1) is 6.04 Å². The lowest BCUT2D eigenvalue weighted by molar-refractivity contribution is 0.290. The van der Waals surface area contributed by atoms with Crippen LogP contribution in [-0.2, 0) is 0 Å². The molecule has 2 aromatic rings. The summed E-state index contributed by atoms with van der Waals surface area (Å²) >= 11 is 5.87. The van der Waals surface area contributed by atoms with Crippen LogP contribution < -0.4 is 10.5 Å². The first-order valence-electron chi connectivity index (χ1n) is 5.71. The van der Waals surface area contributed by atoms with Crippen molar-refractivity contribution in [2.24, 2.45) is 5.73 Å². The van der Waals surface area contributed by atoms with Crippen molar-refractivity contribution in [2.45, 2.75) is 13.0 Å². The van der Waals surface area contributed by atoms with Gasteiger partial charge in [-0.05, 0) is 36.8 Å². The summed E-state index contributed by atoms with van der Waals surface area (Å²) in [6, 6.07) is 11.0. The molecular weight excluding hydrogens is 248 g/mol. The van der Waals surface area contributed by atoms with E-state index in [2.05, 4.69) is 4.98 Å². The van der Waals surface area contributed by atoms with Gasteiger partial charge < -0.3 is 10.5 Å². The Bertz CT molecular complexity index is 513. The van der Waals surface area contributed by atoms with Gasteiger partial charge in [0.2, 0.25) is 0 Å². The smallest absolute Gasteiger partial charge is 0.120 e. The van der Waals surface area contributed by atoms with Crippen LogP contribution in [0.2, 0.25) is 5.02 Å². The van der Waals surface area contributed by atoms with Gasteiger partial charge in [-0.15, -0.1) is 0 Å². The molecule has 18 heavy (non-hydrogen) atoms. The second kappa shape index (κ2) is 5.85. The van der Waals surface area contributed by atoms with Gasteiger partial charge in [0.25, 0.3) is 0 Å². The van der Waals surface area contributed by atoms with E-state index < -0.39 is 0 Å². The summed E-state index contributed by atoms with van der Waals surface area (Å²) in [7, 11) is 0. The van der Waals surface area contributed by atoms with Gasteiger partial charge in [0.15, 0.2) is 0 Å². The van der Waals surface area contributed by atoms with Crippen LogP contribution in [0, 0.1) is 6.92 Å². The number of nitrogens with two attached hydrogens (primary N) is 1. The number of hydrogen-bond acceptors (Lipinski definition) is 3. The molecule has 2 N–H and O–H groups in total. The van der Waals surface area contributed by atoms with Crippen molar-refractivity contribution in [1.29, 1.82) is 0 Å². The normalized spacial score (nSPS) is 12.2. The third-order valence-electron chi connectivity index (χ3n) is 2.59. The standard InChI is InChI=1S/C14H15ClN2O/c1-10-5-6-11(8-17-10)14(16)9-18-13-4-2-3-12(15)7-13/h2-8,14H,9,16H2,1H3. The van der Waals surface area contributed by atoms with E-state index in [4.69, 9.17) is 22.1 Å². The highest BCUT2D eigenvalue weighted by Crippen LogP contribution is 2.18. The second-order valence-corrected chi connectivity index (χ2v) is 4.54. The van der Waals surface area contributed by atoms with Crippen LogP contribution in [-0.4, -0.2) is 11.6 Å². The molecule has 0 saturated carbocycles. The summed E-state index contributed by atoms with van der Waals surface area (Å²) in [6.07, 6.45) is 1.78. The fraction of sp³-hybridized carbons (Fsp3) is 0.214. The zero-order valence-corrected chi connectivity index (χ0v) is 10.9. The minimum absolute atomic E-state index is 0.197. The highest BCUT2D eigenvalue weighted by atomic mass is 35.5. The predicted molar refractivity (Wildman–Crippen MR) is 72.8 cm³/mol. The molecule has 1 aromatic heterocycles. The van der Waals surface area contributed by atoms with Gasteiger partial charge in [-0.25, -0.2) is 0 Å². The topological polar surface area (TPSA) is 48.1 Å². The number of aryl methyl sites for hydroxylation is 1. The van der Waals surface area contributed by atoms with Crippen LogP contribution >= 0.6 is 11.6 Å². The average molecular weight is 263 g/mol. The van der Waals surface area contributed by atoms with Crippen molar-refractivity contribution >= 4 is 11.6 Å². The van der Waals surface area contributed by atoms with E-state index in [9.17, 15) is 0 Å². The number of benzene rings is 1. The highest BCUT2D eigenvalue weighted by molar-refractivity contribution is 6.30. The van der Waals surface area contributed by atoms with E-state index in [0.717, 1.165) is 17.0 Å². The van der Waals surface area contributed by atoms with Crippen LogP contribution in [0.15, 0.2) is 42.6 Å². The average Bonchev–Trinajstić information content (AvgIpc) is 2.37. The third-order valence-corrected chi connectivity index (χ3v) is 2.82. The van der Waals surface area contributed by atoms with Gasteiger partial charge in [0.1, 0.15) is 12.4 Å². The molecule has 0 saturated heterocycles. The summed E-state index contributed by atoms with van der Waals surface area (Å²) in [5, 5.41) is 0.651. The van der Waals surface area contributed by atoms with Crippen LogP contribution in [0.5, 0.6) is 5.75 Å². The van der Waals surface area contributed by atoms with Crippen molar-refractivity contribution in [1.82, 2.24) is 4.98 Å². The van der Waals surface area contributed by atoms with E-state index in [1.165, 1.54) is 0 Å². The fourth-order valence-corrected chi connectivity index (χ4v) is 1.72. The lowest BCUT2D eigenvalue weighted by Crippen LogP contribution is -2.19. The Morgan fingerprint density at radius 1 is 1.33 bits per heavy atom. The van der Waals surface area contributed by atoms with Gasteiger partial charge in [-0.3, -0.25) is 4.98 Å². The number of rotatable bonds is 4. The molecule has 1 aromatic carbocycles. The number of nitrogens with zero attached hydrogens (tertiary/aromatic N) is 1. The molecule has 0 spiro atoms. The van der Waals surface area contributed by atoms with Crippen molar-refractivity contribution in [3.63, 3.8) is 0 Å². The second-order valence-electron chi connectivity index (χ2n) is 4.11. The number of halogens is 1. The fourth-order valence-electron chi connectivity index (χ4n) is 1.54. The van der Waals surface area contributed by atoms with Gasteiger partial charge >= 0.3 is 0 Å². The number of ether oxygens (including phenoxy) is 1. The number of pyridine rings is 1. The molecule has 2 rings (SSSR count). The molecule has 94 valence electrons. The van der Waals surface area contributed by atoms with Gasteiger partial charge in [-0.2, -0.15) is 0 Å². The Kier molecular flexibility index (Phi) is 4.18. The van der Waals surface area contributed by atoms with Crippen LogP contribution in [0.3, 0.4) is 0 Å². The van der Waals surface area contributed by atoms with Crippen molar-refractivity contribution < 1.29 is 4.74 Å². The van der Waals surface area contributed by atoms with E-state index in [0.29, 0.717) is 11.6 Å². The Morgan fingerprint density at radius 2 is 2.17 bits per heavy atom. The molecule has 1 unspecified atom stereocenters. The number of aromatic nitrogens is 1. The Morgan fingerprint density at radius 3 is 2.83 bits per heavy atom. The molecule has 1 heterocycles. The first kappa shape index (κ1) is 12.9. The molecule has 1 atom stereocenters. The maximum absolute atomic E-state index is 6.03. The summed E-state index contributed by atoms with van der Waals surface area (Å²) in [4.78, 5) is 4.21.